The van der Waals surface area contributed by atoms with Crippen LogP contribution in [0.3, 0.4) is 0 Å². The van der Waals surface area contributed by atoms with Crippen molar-refractivity contribution < 1.29 is 4.79 Å². The van der Waals surface area contributed by atoms with Gasteiger partial charge in [-0.15, -0.1) is 0 Å². The molecule has 4 rings (SSSR count). The number of nitrogens with zero attached hydrogens (tertiary/aromatic N) is 5. The summed E-state index contributed by atoms with van der Waals surface area (Å²) in [7, 11) is 0. The van der Waals surface area contributed by atoms with Crippen LogP contribution in [0.25, 0.3) is 11.3 Å². The fourth-order valence-corrected chi connectivity index (χ4v) is 3.97. The van der Waals surface area contributed by atoms with Crippen molar-refractivity contribution in [1.82, 2.24) is 24.6 Å². The van der Waals surface area contributed by atoms with Crippen molar-refractivity contribution in [1.29, 1.82) is 0 Å². The van der Waals surface area contributed by atoms with E-state index >= 15 is 0 Å². The smallest absolute Gasteiger partial charge is 0.266 e. The molecule has 0 radical (unpaired) electrons. The topological polar surface area (TPSA) is 71.3 Å². The number of hydrogen-bond donors (Lipinski definition) is 0. The molecule has 0 aliphatic carbocycles. The number of piperazine rings is 1. The van der Waals surface area contributed by atoms with Crippen molar-refractivity contribution in [3.8, 4) is 11.3 Å². The highest BCUT2D eigenvalue weighted by molar-refractivity contribution is 5.76. The van der Waals surface area contributed by atoms with Gasteiger partial charge in [-0.25, -0.2) is 4.68 Å². The predicted molar refractivity (Wildman–Crippen MR) is 124 cm³/mol. The maximum atomic E-state index is 12.6. The molecular weight excluding hydrogens is 402 g/mol. The number of aryl methyl sites for hydroxylation is 1. The van der Waals surface area contributed by atoms with Gasteiger partial charge in [-0.2, -0.15) is 5.10 Å². The molecule has 166 valence electrons. The van der Waals surface area contributed by atoms with E-state index in [0.717, 1.165) is 44.7 Å². The minimum Gasteiger partial charge on any atom is -0.340 e. The lowest BCUT2D eigenvalue weighted by molar-refractivity contribution is -0.133. The monoisotopic (exact) mass is 431 g/mol. The van der Waals surface area contributed by atoms with Crippen molar-refractivity contribution in [2.24, 2.45) is 0 Å². The van der Waals surface area contributed by atoms with Gasteiger partial charge in [0.05, 0.1) is 5.69 Å². The van der Waals surface area contributed by atoms with Crippen molar-refractivity contribution in [3.63, 3.8) is 0 Å². The summed E-state index contributed by atoms with van der Waals surface area (Å²) in [6.07, 6.45) is 5.48. The predicted octanol–water partition coefficient (Wildman–Crippen LogP) is 2.47. The van der Waals surface area contributed by atoms with E-state index in [1.807, 2.05) is 23.1 Å². The number of aromatic nitrogens is 3. The number of benzene rings is 1. The quantitative estimate of drug-likeness (QED) is 0.548. The molecule has 0 N–H and O–H groups in total. The number of carbonyl (C=O) groups excluding carboxylic acids is 1. The highest BCUT2D eigenvalue weighted by Crippen LogP contribution is 2.13. The van der Waals surface area contributed by atoms with Gasteiger partial charge in [-0.3, -0.25) is 19.5 Å². The van der Waals surface area contributed by atoms with Crippen LogP contribution in [0.2, 0.25) is 0 Å². The second kappa shape index (κ2) is 10.8. The van der Waals surface area contributed by atoms with E-state index in [1.54, 1.807) is 18.5 Å². The third-order valence-electron chi connectivity index (χ3n) is 5.87. The third-order valence-corrected chi connectivity index (χ3v) is 5.87. The van der Waals surface area contributed by atoms with Gasteiger partial charge >= 0.3 is 0 Å². The molecule has 0 spiro atoms. The summed E-state index contributed by atoms with van der Waals surface area (Å²) in [6, 6.07) is 17.5. The van der Waals surface area contributed by atoms with E-state index < -0.39 is 0 Å². The summed E-state index contributed by atoms with van der Waals surface area (Å²) in [4.78, 5) is 33.3. The lowest BCUT2D eigenvalue weighted by atomic mass is 10.1. The summed E-state index contributed by atoms with van der Waals surface area (Å²) in [6.45, 7) is 4.80. The zero-order valence-corrected chi connectivity index (χ0v) is 18.3. The average Bonchev–Trinajstić information content (AvgIpc) is 2.85. The molecule has 2 aromatic heterocycles. The van der Waals surface area contributed by atoms with Crippen LogP contribution < -0.4 is 5.56 Å². The van der Waals surface area contributed by atoms with Crippen LogP contribution in [0.5, 0.6) is 0 Å². The molecule has 3 heterocycles. The van der Waals surface area contributed by atoms with Crippen molar-refractivity contribution in [2.45, 2.75) is 25.8 Å². The van der Waals surface area contributed by atoms with Gasteiger partial charge in [0.25, 0.3) is 5.56 Å². The Kier molecular flexibility index (Phi) is 7.40. The Morgan fingerprint density at radius 2 is 1.72 bits per heavy atom. The maximum Gasteiger partial charge on any atom is 0.266 e. The second-order valence-electron chi connectivity index (χ2n) is 8.08. The van der Waals surface area contributed by atoms with E-state index in [9.17, 15) is 9.59 Å². The molecule has 7 nitrogen and oxygen atoms in total. The van der Waals surface area contributed by atoms with Gasteiger partial charge in [-0.1, -0.05) is 30.3 Å². The Morgan fingerprint density at radius 1 is 0.906 bits per heavy atom. The molecule has 1 amide bonds. The van der Waals surface area contributed by atoms with E-state index in [1.165, 1.54) is 16.3 Å². The van der Waals surface area contributed by atoms with Crippen LogP contribution in [0.15, 0.2) is 71.8 Å². The highest BCUT2D eigenvalue weighted by Gasteiger charge is 2.20. The molecular formula is C25H29N5O2. The molecule has 0 bridgehead atoms. The molecule has 0 atom stereocenters. The first-order valence-corrected chi connectivity index (χ1v) is 11.2. The highest BCUT2D eigenvalue weighted by atomic mass is 16.2. The lowest BCUT2D eigenvalue weighted by Crippen LogP contribution is -2.49. The third kappa shape index (κ3) is 5.88. The fraction of sp³-hybridized carbons (Fsp3) is 0.360. The van der Waals surface area contributed by atoms with Gasteiger partial charge in [0.1, 0.15) is 0 Å². The van der Waals surface area contributed by atoms with Gasteiger partial charge in [0.15, 0.2) is 0 Å². The molecule has 1 aliphatic rings. The largest absolute Gasteiger partial charge is 0.340 e. The van der Waals surface area contributed by atoms with Crippen molar-refractivity contribution in [2.75, 3.05) is 32.7 Å². The molecule has 1 saturated heterocycles. The molecule has 3 aromatic rings. The number of hydrogen-bond acceptors (Lipinski definition) is 5. The first-order chi connectivity index (χ1) is 15.7. The maximum absolute atomic E-state index is 12.6. The molecule has 1 aliphatic heterocycles. The SMILES string of the molecule is O=C(CCCn1nc(-c2cccnc2)ccc1=O)N1CCN(CCc2ccccc2)CC1. The average molecular weight is 432 g/mol. The van der Waals surface area contributed by atoms with Crippen LogP contribution in [-0.4, -0.2) is 63.2 Å². The molecule has 32 heavy (non-hydrogen) atoms. The van der Waals surface area contributed by atoms with Gasteiger partial charge in [-0.05, 0) is 36.6 Å². The van der Waals surface area contributed by atoms with E-state index in [4.69, 9.17) is 0 Å². The van der Waals surface area contributed by atoms with Crippen molar-refractivity contribution >= 4 is 5.91 Å². The number of pyridine rings is 1. The summed E-state index contributed by atoms with van der Waals surface area (Å²) < 4.78 is 1.44. The second-order valence-corrected chi connectivity index (χ2v) is 8.08. The van der Waals surface area contributed by atoms with E-state index in [0.29, 0.717) is 25.1 Å². The zero-order chi connectivity index (χ0) is 22.2. The van der Waals surface area contributed by atoms with Crippen molar-refractivity contribution in [3.05, 3.63) is 82.9 Å². The Hall–Kier alpha value is -3.32. The van der Waals surface area contributed by atoms with Gasteiger partial charge in [0.2, 0.25) is 5.91 Å². The first kappa shape index (κ1) is 21.9. The van der Waals surface area contributed by atoms with Gasteiger partial charge in [0, 0.05) is 69.7 Å². The summed E-state index contributed by atoms with van der Waals surface area (Å²) in [5.41, 5.74) is 2.76. The van der Waals surface area contributed by atoms with Gasteiger partial charge < -0.3 is 4.90 Å². The summed E-state index contributed by atoms with van der Waals surface area (Å²) in [5, 5.41) is 4.44. The number of rotatable bonds is 8. The van der Waals surface area contributed by atoms with E-state index in [-0.39, 0.29) is 11.5 Å². The van der Waals surface area contributed by atoms with Crippen LogP contribution in [0.1, 0.15) is 18.4 Å². The molecule has 7 heteroatoms. The molecule has 0 saturated carbocycles. The Balaban J connectivity index is 1.22. The number of amides is 1. The van der Waals surface area contributed by atoms with E-state index in [2.05, 4.69) is 39.2 Å². The fourth-order valence-electron chi connectivity index (χ4n) is 3.97. The standard InChI is InChI=1S/C25H29N5O2/c31-24(29-18-16-28(17-19-29)15-12-21-6-2-1-3-7-21)9-5-14-30-25(32)11-10-23(27-30)22-8-4-13-26-20-22/h1-4,6-8,10-11,13,20H,5,9,12,14-19H2. The minimum absolute atomic E-state index is 0.155. The summed E-state index contributed by atoms with van der Waals surface area (Å²) in [5.74, 6) is 0.157. The van der Waals surface area contributed by atoms with Crippen LogP contribution in [0.4, 0.5) is 0 Å². The van der Waals surface area contributed by atoms with Crippen LogP contribution in [0, 0.1) is 0 Å². The first-order valence-electron chi connectivity index (χ1n) is 11.2. The Morgan fingerprint density at radius 3 is 2.47 bits per heavy atom. The Labute approximate surface area is 188 Å². The molecule has 1 aromatic carbocycles. The molecule has 0 unspecified atom stereocenters. The molecule has 1 fully saturated rings. The minimum atomic E-state index is -0.155. The normalized spacial score (nSPS) is 14.4. The zero-order valence-electron chi connectivity index (χ0n) is 18.3. The number of carbonyl (C=O) groups is 1. The summed E-state index contributed by atoms with van der Waals surface area (Å²) >= 11 is 0. The van der Waals surface area contributed by atoms with Crippen LogP contribution >= 0.6 is 0 Å². The lowest BCUT2D eigenvalue weighted by Gasteiger charge is -2.34. The Bertz CT molecular complexity index is 1060. The van der Waals surface area contributed by atoms with Crippen LogP contribution in [-0.2, 0) is 17.8 Å².